The van der Waals surface area contributed by atoms with Crippen molar-refractivity contribution in [1.82, 2.24) is 14.8 Å². The summed E-state index contributed by atoms with van der Waals surface area (Å²) in [6.07, 6.45) is -2.73. The number of alkyl halides is 3. The number of halogens is 5. The van der Waals surface area contributed by atoms with Crippen LogP contribution in [0.15, 0.2) is 47.4 Å². The molecule has 2 atom stereocenters. The SMILES string of the molecule is Cc1cc(C=C(F)F)cc(C)c1-c1cc([C@H](CC(=O)O)NC(=O)[C@@H](CC(C)C)n2cc(CCN(C)C)c(C(F)(F)F)cc2=O)cc2c1CCC2. The lowest BCUT2D eigenvalue weighted by molar-refractivity contribution is -0.139. The molecule has 0 aliphatic heterocycles. The number of carbonyl (C=O) groups is 2. The van der Waals surface area contributed by atoms with Crippen molar-refractivity contribution in [3.8, 4) is 11.1 Å². The Kier molecular flexibility index (Phi) is 12.1. The minimum Gasteiger partial charge on any atom is -0.481 e. The van der Waals surface area contributed by atoms with Gasteiger partial charge in [-0.2, -0.15) is 22.0 Å². The molecule has 4 rings (SSSR count). The topological polar surface area (TPSA) is 91.6 Å². The zero-order chi connectivity index (χ0) is 37.1. The van der Waals surface area contributed by atoms with Crippen LogP contribution in [-0.4, -0.2) is 47.1 Å². The van der Waals surface area contributed by atoms with E-state index in [1.807, 2.05) is 39.8 Å². The predicted octanol–water partition coefficient (Wildman–Crippen LogP) is 7.90. The van der Waals surface area contributed by atoms with Crippen molar-refractivity contribution >= 4 is 18.0 Å². The van der Waals surface area contributed by atoms with E-state index in [9.17, 15) is 41.4 Å². The van der Waals surface area contributed by atoms with Gasteiger partial charge in [0, 0.05) is 24.9 Å². The number of aromatic nitrogens is 1. The summed E-state index contributed by atoms with van der Waals surface area (Å²) < 4.78 is 69.1. The van der Waals surface area contributed by atoms with Crippen LogP contribution in [0.5, 0.6) is 0 Å². The number of nitrogens with one attached hydrogen (secondary N) is 1. The van der Waals surface area contributed by atoms with Gasteiger partial charge in [0.1, 0.15) is 6.04 Å². The third kappa shape index (κ3) is 9.26. The maximum absolute atomic E-state index is 14.1. The van der Waals surface area contributed by atoms with Gasteiger partial charge in [0.25, 0.3) is 11.6 Å². The number of fused-ring (bicyclic) bond motifs is 1. The van der Waals surface area contributed by atoms with Gasteiger partial charge in [0.15, 0.2) is 0 Å². The van der Waals surface area contributed by atoms with Crippen LogP contribution in [0.2, 0.25) is 0 Å². The van der Waals surface area contributed by atoms with E-state index in [-0.39, 0.29) is 30.9 Å². The average Bonchev–Trinajstić information content (AvgIpc) is 3.46. The Labute approximate surface area is 288 Å². The van der Waals surface area contributed by atoms with Crippen molar-refractivity contribution in [3.63, 3.8) is 0 Å². The summed E-state index contributed by atoms with van der Waals surface area (Å²) in [6, 6.07) is 5.31. The molecule has 1 aliphatic carbocycles. The second-order valence-corrected chi connectivity index (χ2v) is 13.8. The molecule has 0 radical (unpaired) electrons. The Hall–Kier alpha value is -4.32. The molecule has 0 unspecified atom stereocenters. The highest BCUT2D eigenvalue weighted by molar-refractivity contribution is 5.82. The number of likely N-dealkylation sites (N-methyl/N-ethyl adjacent to an activating group) is 1. The summed E-state index contributed by atoms with van der Waals surface area (Å²) in [4.78, 5) is 41.3. The highest BCUT2D eigenvalue weighted by Crippen LogP contribution is 2.40. The average molecular weight is 702 g/mol. The molecule has 2 aromatic carbocycles. The van der Waals surface area contributed by atoms with Crippen molar-refractivity contribution in [2.45, 2.75) is 84.5 Å². The van der Waals surface area contributed by atoms with Gasteiger partial charge in [-0.15, -0.1) is 0 Å². The molecule has 1 amide bonds. The first-order chi connectivity index (χ1) is 23.3. The van der Waals surface area contributed by atoms with Gasteiger partial charge in [0.2, 0.25) is 5.91 Å². The van der Waals surface area contributed by atoms with Gasteiger partial charge in [-0.05, 0) is 122 Å². The quantitative estimate of drug-likeness (QED) is 0.177. The van der Waals surface area contributed by atoms with Crippen LogP contribution < -0.4 is 10.9 Å². The molecular formula is C38H44F5N3O4. The molecule has 0 bridgehead atoms. The minimum absolute atomic E-state index is 0.0174. The summed E-state index contributed by atoms with van der Waals surface area (Å²) in [6.45, 7) is 7.56. The number of rotatable bonds is 13. The molecule has 1 heterocycles. The smallest absolute Gasteiger partial charge is 0.416 e. The Balaban J connectivity index is 1.81. The minimum atomic E-state index is -4.77. The summed E-state index contributed by atoms with van der Waals surface area (Å²) in [7, 11) is 3.43. The number of hydrogen-bond acceptors (Lipinski definition) is 4. The number of carboxylic acid groups (broad SMARTS) is 1. The number of carbonyl (C=O) groups excluding carboxylic acids is 1. The first-order valence-corrected chi connectivity index (χ1v) is 16.6. The van der Waals surface area contributed by atoms with E-state index in [4.69, 9.17) is 0 Å². The number of nitrogens with zero attached hydrogens (tertiary/aromatic N) is 2. The summed E-state index contributed by atoms with van der Waals surface area (Å²) >= 11 is 0. The maximum atomic E-state index is 14.1. The van der Waals surface area contributed by atoms with Crippen LogP contribution in [0, 0.1) is 19.8 Å². The van der Waals surface area contributed by atoms with Crippen molar-refractivity contribution in [2.24, 2.45) is 5.92 Å². The monoisotopic (exact) mass is 701 g/mol. The second kappa shape index (κ2) is 15.7. The molecule has 0 saturated heterocycles. The Morgan fingerprint density at radius 2 is 1.70 bits per heavy atom. The van der Waals surface area contributed by atoms with Gasteiger partial charge in [-0.25, -0.2) is 0 Å². The molecule has 50 heavy (non-hydrogen) atoms. The number of aliphatic carboxylic acids is 1. The van der Waals surface area contributed by atoms with E-state index in [2.05, 4.69) is 5.32 Å². The zero-order valence-corrected chi connectivity index (χ0v) is 29.2. The van der Waals surface area contributed by atoms with Crippen molar-refractivity contribution in [2.75, 3.05) is 20.6 Å². The Bertz CT molecular complexity index is 1820. The van der Waals surface area contributed by atoms with Crippen molar-refractivity contribution < 1.29 is 36.6 Å². The van der Waals surface area contributed by atoms with E-state index >= 15 is 0 Å². The fourth-order valence-electron chi connectivity index (χ4n) is 6.92. The lowest BCUT2D eigenvalue weighted by Crippen LogP contribution is -2.40. The van der Waals surface area contributed by atoms with E-state index in [0.717, 1.165) is 69.5 Å². The lowest BCUT2D eigenvalue weighted by Gasteiger charge is -2.27. The standard InChI is InChI=1S/C38H44F5N3O4/c1-21(2)12-32(46-20-26(10-11-45(5)6)30(18-34(46)47)38(41,42)43)37(50)44-31(19-35(48)49)27-16-25-8-7-9-28(25)29(17-27)36-22(3)13-24(14-23(36)4)15-33(39)40/h13-18,20-21,31-32H,7-12,19H2,1-6H3,(H,44,50)(H,48,49)/t31-,32+/m0/s1. The van der Waals surface area contributed by atoms with Crippen LogP contribution in [0.1, 0.15) is 89.7 Å². The van der Waals surface area contributed by atoms with Crippen LogP contribution in [-0.2, 0) is 35.0 Å². The zero-order valence-electron chi connectivity index (χ0n) is 29.2. The molecule has 270 valence electrons. The third-order valence-corrected chi connectivity index (χ3v) is 9.07. The number of aryl methyl sites for hydroxylation is 3. The molecule has 2 N–H and O–H groups in total. The molecular weight excluding hydrogens is 657 g/mol. The molecule has 0 spiro atoms. The van der Waals surface area contributed by atoms with Gasteiger partial charge in [-0.3, -0.25) is 14.4 Å². The fourth-order valence-corrected chi connectivity index (χ4v) is 6.92. The first kappa shape index (κ1) is 38.5. The maximum Gasteiger partial charge on any atom is 0.416 e. The highest BCUT2D eigenvalue weighted by Gasteiger charge is 2.36. The molecule has 0 saturated carbocycles. The number of hydrogen-bond donors (Lipinski definition) is 2. The molecule has 1 aromatic heterocycles. The highest BCUT2D eigenvalue weighted by atomic mass is 19.4. The fraction of sp³-hybridized carbons (Fsp3) is 0.447. The molecule has 1 aliphatic rings. The van der Waals surface area contributed by atoms with Gasteiger partial charge < -0.3 is 19.9 Å². The summed E-state index contributed by atoms with van der Waals surface area (Å²) in [5.74, 6) is -2.03. The van der Waals surface area contributed by atoms with Crippen molar-refractivity contribution in [1.29, 1.82) is 0 Å². The third-order valence-electron chi connectivity index (χ3n) is 9.07. The van der Waals surface area contributed by atoms with Crippen LogP contribution in [0.3, 0.4) is 0 Å². The number of benzene rings is 2. The summed E-state index contributed by atoms with van der Waals surface area (Å²) in [5, 5.41) is 12.8. The Morgan fingerprint density at radius 3 is 2.26 bits per heavy atom. The van der Waals surface area contributed by atoms with Crippen LogP contribution in [0.4, 0.5) is 22.0 Å². The van der Waals surface area contributed by atoms with E-state index in [1.54, 1.807) is 31.1 Å². The van der Waals surface area contributed by atoms with E-state index in [1.165, 1.54) is 0 Å². The molecule has 3 aromatic rings. The van der Waals surface area contributed by atoms with Gasteiger partial charge in [-0.1, -0.05) is 32.0 Å². The Morgan fingerprint density at radius 1 is 1.04 bits per heavy atom. The largest absolute Gasteiger partial charge is 0.481 e. The number of amides is 1. The molecule has 12 heteroatoms. The van der Waals surface area contributed by atoms with E-state index in [0.29, 0.717) is 17.2 Å². The van der Waals surface area contributed by atoms with Crippen LogP contribution in [0.25, 0.3) is 17.2 Å². The van der Waals surface area contributed by atoms with Crippen molar-refractivity contribution in [3.05, 3.63) is 97.5 Å². The van der Waals surface area contributed by atoms with Gasteiger partial charge in [0.05, 0.1) is 18.0 Å². The van der Waals surface area contributed by atoms with Crippen LogP contribution >= 0.6 is 0 Å². The molecule has 0 fully saturated rings. The molecule has 7 nitrogen and oxygen atoms in total. The second-order valence-electron chi connectivity index (χ2n) is 13.8. The predicted molar refractivity (Wildman–Crippen MR) is 183 cm³/mol. The lowest BCUT2D eigenvalue weighted by atomic mass is 9.86. The van der Waals surface area contributed by atoms with Gasteiger partial charge >= 0.3 is 12.1 Å². The number of pyridine rings is 1. The number of carboxylic acids is 1. The normalized spacial score (nSPS) is 14.1. The first-order valence-electron chi connectivity index (χ1n) is 16.6. The van der Waals surface area contributed by atoms with E-state index < -0.39 is 53.8 Å². The summed E-state index contributed by atoms with van der Waals surface area (Å²) in [5.41, 5.74) is 3.94.